The van der Waals surface area contributed by atoms with E-state index in [-0.39, 0.29) is 24.8 Å². The lowest BCUT2D eigenvalue weighted by Gasteiger charge is -2.30. The zero-order chi connectivity index (χ0) is 13.2. The van der Waals surface area contributed by atoms with Gasteiger partial charge in [0.15, 0.2) is 0 Å². The van der Waals surface area contributed by atoms with Gasteiger partial charge < -0.3 is 10.6 Å². The Morgan fingerprint density at radius 3 is 2.61 bits per heavy atom. The van der Waals surface area contributed by atoms with Crippen LogP contribution < -0.4 is 10.6 Å². The molecule has 2 fully saturated rings. The number of alkyl halides is 3. The molecule has 1 amide bonds. The van der Waals surface area contributed by atoms with E-state index in [1.54, 1.807) is 0 Å². The van der Waals surface area contributed by atoms with Gasteiger partial charge in [0.1, 0.15) is 0 Å². The van der Waals surface area contributed by atoms with Crippen LogP contribution >= 0.6 is 0 Å². The standard InChI is InChI=1S/C12H19F3N2O/c13-12(14,15)9-3-1-2-8(6-9)11(18)17-10-4-5-16-7-10/h8-10,16H,1-7H2,(H,17,18). The molecule has 6 heteroatoms. The Bertz CT molecular complexity index is 300. The molecular weight excluding hydrogens is 245 g/mol. The summed E-state index contributed by atoms with van der Waals surface area (Å²) in [6, 6.07) is 0.0868. The highest BCUT2D eigenvalue weighted by molar-refractivity contribution is 5.79. The average molecular weight is 264 g/mol. The largest absolute Gasteiger partial charge is 0.391 e. The van der Waals surface area contributed by atoms with Crippen molar-refractivity contribution in [2.24, 2.45) is 11.8 Å². The fourth-order valence-electron chi connectivity index (χ4n) is 2.82. The molecule has 0 aromatic heterocycles. The van der Waals surface area contributed by atoms with Crippen LogP contribution in [0.3, 0.4) is 0 Å². The van der Waals surface area contributed by atoms with Crippen molar-refractivity contribution < 1.29 is 18.0 Å². The molecule has 104 valence electrons. The number of rotatable bonds is 2. The van der Waals surface area contributed by atoms with Crippen molar-refractivity contribution >= 4 is 5.91 Å². The van der Waals surface area contributed by atoms with Crippen molar-refractivity contribution in [2.45, 2.75) is 44.3 Å². The number of nitrogens with one attached hydrogen (secondary N) is 2. The molecule has 18 heavy (non-hydrogen) atoms. The number of hydrogen-bond acceptors (Lipinski definition) is 2. The van der Waals surface area contributed by atoms with Crippen molar-refractivity contribution in [3.63, 3.8) is 0 Å². The molecule has 1 heterocycles. The summed E-state index contributed by atoms with van der Waals surface area (Å²) in [5.74, 6) is -1.97. The van der Waals surface area contributed by atoms with Crippen molar-refractivity contribution in [3.8, 4) is 0 Å². The highest BCUT2D eigenvalue weighted by Gasteiger charge is 2.43. The van der Waals surface area contributed by atoms with E-state index in [0.29, 0.717) is 12.8 Å². The molecule has 0 aromatic carbocycles. The Balaban J connectivity index is 1.86. The van der Waals surface area contributed by atoms with Gasteiger partial charge >= 0.3 is 6.18 Å². The molecule has 2 rings (SSSR count). The third kappa shape index (κ3) is 3.37. The summed E-state index contributed by atoms with van der Waals surface area (Å²) in [6.45, 7) is 1.59. The van der Waals surface area contributed by atoms with Crippen LogP contribution in [0.15, 0.2) is 0 Å². The Labute approximate surface area is 104 Å². The van der Waals surface area contributed by atoms with E-state index in [9.17, 15) is 18.0 Å². The third-order valence-corrected chi connectivity index (χ3v) is 3.91. The SMILES string of the molecule is O=C(NC1CCNC1)C1CCCC(C(F)(F)F)C1. The highest BCUT2D eigenvalue weighted by Crippen LogP contribution is 2.39. The van der Waals surface area contributed by atoms with Gasteiger partial charge in [-0.2, -0.15) is 13.2 Å². The first-order valence-electron chi connectivity index (χ1n) is 6.54. The summed E-state index contributed by atoms with van der Waals surface area (Å²) in [7, 11) is 0. The maximum absolute atomic E-state index is 12.6. The lowest BCUT2D eigenvalue weighted by molar-refractivity contribution is -0.186. The van der Waals surface area contributed by atoms with Crippen LogP contribution in [0.2, 0.25) is 0 Å². The fourth-order valence-corrected chi connectivity index (χ4v) is 2.82. The summed E-state index contributed by atoms with van der Waals surface area (Å²) in [5.41, 5.74) is 0. The van der Waals surface area contributed by atoms with Gasteiger partial charge in [-0.3, -0.25) is 4.79 Å². The molecule has 1 saturated carbocycles. The molecule has 3 atom stereocenters. The molecular formula is C12H19F3N2O. The van der Waals surface area contributed by atoms with E-state index < -0.39 is 18.0 Å². The Kier molecular flexibility index (Phi) is 4.14. The van der Waals surface area contributed by atoms with Crippen LogP contribution in [0.4, 0.5) is 13.2 Å². The van der Waals surface area contributed by atoms with Gasteiger partial charge in [-0.15, -0.1) is 0 Å². The molecule has 3 nitrogen and oxygen atoms in total. The minimum absolute atomic E-state index is 0.0461. The number of carbonyl (C=O) groups excluding carboxylic acids is 1. The molecule has 3 unspecified atom stereocenters. The van der Waals surface area contributed by atoms with Gasteiger partial charge in [0.25, 0.3) is 0 Å². The van der Waals surface area contributed by atoms with E-state index in [1.165, 1.54) is 0 Å². The normalized spacial score (nSPS) is 33.4. The molecule has 2 N–H and O–H groups in total. The zero-order valence-corrected chi connectivity index (χ0v) is 10.2. The summed E-state index contributed by atoms with van der Waals surface area (Å²) < 4.78 is 37.9. The monoisotopic (exact) mass is 264 g/mol. The minimum atomic E-state index is -4.16. The van der Waals surface area contributed by atoms with E-state index in [4.69, 9.17) is 0 Å². The molecule has 1 saturated heterocycles. The second kappa shape index (κ2) is 5.47. The topological polar surface area (TPSA) is 41.1 Å². The third-order valence-electron chi connectivity index (χ3n) is 3.91. The lowest BCUT2D eigenvalue weighted by atomic mass is 9.80. The van der Waals surface area contributed by atoms with E-state index in [1.807, 2.05) is 0 Å². The first-order valence-corrected chi connectivity index (χ1v) is 6.54. The number of hydrogen-bond donors (Lipinski definition) is 2. The second-order valence-corrected chi connectivity index (χ2v) is 5.30. The molecule has 0 radical (unpaired) electrons. The van der Waals surface area contributed by atoms with Gasteiger partial charge in [-0.05, 0) is 32.2 Å². The maximum Gasteiger partial charge on any atom is 0.391 e. The smallest absolute Gasteiger partial charge is 0.352 e. The van der Waals surface area contributed by atoms with E-state index >= 15 is 0 Å². The van der Waals surface area contributed by atoms with Crippen LogP contribution in [-0.2, 0) is 4.79 Å². The van der Waals surface area contributed by atoms with Crippen LogP contribution in [-0.4, -0.2) is 31.2 Å². The first kappa shape index (κ1) is 13.6. The molecule has 1 aliphatic carbocycles. The number of amides is 1. The maximum atomic E-state index is 12.6. The van der Waals surface area contributed by atoms with Gasteiger partial charge in [0.05, 0.1) is 5.92 Å². The Morgan fingerprint density at radius 1 is 1.22 bits per heavy atom. The van der Waals surface area contributed by atoms with Gasteiger partial charge in [-0.25, -0.2) is 0 Å². The average Bonchev–Trinajstić information content (AvgIpc) is 2.81. The molecule has 1 aliphatic heterocycles. The van der Waals surface area contributed by atoms with Gasteiger partial charge in [0, 0.05) is 18.5 Å². The van der Waals surface area contributed by atoms with Crippen LogP contribution in [0, 0.1) is 11.8 Å². The molecule has 0 spiro atoms. The summed E-state index contributed by atoms with van der Waals surface area (Å²) in [4.78, 5) is 11.9. The lowest BCUT2D eigenvalue weighted by Crippen LogP contribution is -2.42. The van der Waals surface area contributed by atoms with Gasteiger partial charge in [-0.1, -0.05) is 6.42 Å². The predicted molar refractivity (Wildman–Crippen MR) is 60.9 cm³/mol. The Morgan fingerprint density at radius 2 is 2.00 bits per heavy atom. The Hall–Kier alpha value is -0.780. The predicted octanol–water partition coefficient (Wildman–Crippen LogP) is 1.83. The summed E-state index contributed by atoms with van der Waals surface area (Å²) in [5, 5.41) is 5.97. The summed E-state index contributed by atoms with van der Waals surface area (Å²) >= 11 is 0. The minimum Gasteiger partial charge on any atom is -0.352 e. The van der Waals surface area contributed by atoms with Crippen molar-refractivity contribution in [2.75, 3.05) is 13.1 Å². The molecule has 0 bridgehead atoms. The van der Waals surface area contributed by atoms with Crippen LogP contribution in [0.5, 0.6) is 0 Å². The van der Waals surface area contributed by atoms with Crippen molar-refractivity contribution in [1.82, 2.24) is 10.6 Å². The first-order chi connectivity index (χ1) is 8.47. The second-order valence-electron chi connectivity index (χ2n) is 5.30. The van der Waals surface area contributed by atoms with E-state index in [0.717, 1.165) is 19.5 Å². The van der Waals surface area contributed by atoms with Crippen LogP contribution in [0.25, 0.3) is 0 Å². The fraction of sp³-hybridized carbons (Fsp3) is 0.917. The highest BCUT2D eigenvalue weighted by atomic mass is 19.4. The van der Waals surface area contributed by atoms with E-state index in [2.05, 4.69) is 10.6 Å². The zero-order valence-electron chi connectivity index (χ0n) is 10.2. The van der Waals surface area contributed by atoms with Gasteiger partial charge in [0.2, 0.25) is 5.91 Å². The van der Waals surface area contributed by atoms with Crippen molar-refractivity contribution in [1.29, 1.82) is 0 Å². The summed E-state index contributed by atoms with van der Waals surface area (Å²) in [6.07, 6.45) is -2.10. The van der Waals surface area contributed by atoms with Crippen LogP contribution in [0.1, 0.15) is 32.1 Å². The molecule has 2 aliphatic rings. The van der Waals surface area contributed by atoms with Crippen molar-refractivity contribution in [3.05, 3.63) is 0 Å². The molecule has 0 aromatic rings. The number of halogens is 3. The number of carbonyl (C=O) groups is 1. The quantitative estimate of drug-likeness (QED) is 0.799.